The third-order valence-corrected chi connectivity index (χ3v) is 3.96. The molecule has 9 heteroatoms. The molecule has 26 heavy (non-hydrogen) atoms. The van der Waals surface area contributed by atoms with Crippen molar-refractivity contribution in [3.8, 4) is 11.7 Å². The third-order valence-electron chi connectivity index (χ3n) is 3.14. The Hall–Kier alpha value is -3.07. The second-order valence-corrected chi connectivity index (χ2v) is 5.91. The van der Waals surface area contributed by atoms with Gasteiger partial charge in [-0.25, -0.2) is 4.79 Å². The zero-order chi connectivity index (χ0) is 18.4. The Morgan fingerprint density at radius 1 is 1.19 bits per heavy atom. The van der Waals surface area contributed by atoms with Crippen molar-refractivity contribution in [1.29, 1.82) is 0 Å². The van der Waals surface area contributed by atoms with Crippen molar-refractivity contribution in [3.63, 3.8) is 0 Å². The third kappa shape index (κ3) is 4.51. The van der Waals surface area contributed by atoms with Crippen LogP contribution in [0.2, 0.25) is 0 Å². The predicted octanol–water partition coefficient (Wildman–Crippen LogP) is 3.24. The van der Waals surface area contributed by atoms with Crippen LogP contribution in [-0.2, 0) is 9.53 Å². The number of benzene rings is 1. The lowest BCUT2D eigenvalue weighted by molar-refractivity contribution is -0.113. The minimum Gasteiger partial charge on any atom is -0.462 e. The molecule has 3 aromatic rings. The number of nitrogens with one attached hydrogen (secondary N) is 1. The van der Waals surface area contributed by atoms with E-state index in [9.17, 15) is 9.59 Å². The number of hydrogen-bond acceptors (Lipinski definition) is 8. The number of amides is 1. The first kappa shape index (κ1) is 17.7. The van der Waals surface area contributed by atoms with Gasteiger partial charge in [-0.2, -0.15) is 0 Å². The molecule has 1 N–H and O–H groups in total. The van der Waals surface area contributed by atoms with Gasteiger partial charge in [-0.3, -0.25) is 4.79 Å². The molecule has 0 aliphatic carbocycles. The summed E-state index contributed by atoms with van der Waals surface area (Å²) < 4.78 is 15.5. The maximum absolute atomic E-state index is 12.0. The minimum absolute atomic E-state index is 0.0966. The van der Waals surface area contributed by atoms with E-state index in [-0.39, 0.29) is 22.8 Å². The fraction of sp³-hybridized carbons (Fsp3) is 0.176. The fourth-order valence-electron chi connectivity index (χ4n) is 2.00. The lowest BCUT2D eigenvalue weighted by Gasteiger charge is -2.05. The average Bonchev–Trinajstić information content (AvgIpc) is 3.32. The zero-order valence-electron chi connectivity index (χ0n) is 13.8. The summed E-state index contributed by atoms with van der Waals surface area (Å²) in [5.41, 5.74) is 1.00. The molecule has 0 bridgehead atoms. The molecule has 0 saturated heterocycles. The smallest absolute Gasteiger partial charge is 0.338 e. The SMILES string of the molecule is CCOC(=O)c1ccc(NC(=O)CSc2nnc(-c3ccco3)o2)cc1. The maximum atomic E-state index is 12.0. The van der Waals surface area contributed by atoms with Crippen LogP contribution in [0.3, 0.4) is 0 Å². The van der Waals surface area contributed by atoms with Crippen LogP contribution >= 0.6 is 11.8 Å². The van der Waals surface area contributed by atoms with E-state index in [1.54, 1.807) is 43.3 Å². The monoisotopic (exact) mass is 373 g/mol. The molecule has 134 valence electrons. The lowest BCUT2D eigenvalue weighted by Crippen LogP contribution is -2.14. The fourth-order valence-corrected chi connectivity index (χ4v) is 2.56. The van der Waals surface area contributed by atoms with Crippen molar-refractivity contribution in [2.24, 2.45) is 0 Å². The number of nitrogens with zero attached hydrogens (tertiary/aromatic N) is 2. The van der Waals surface area contributed by atoms with Crippen molar-refractivity contribution >= 4 is 29.3 Å². The molecule has 2 heterocycles. The molecule has 0 unspecified atom stereocenters. The summed E-state index contributed by atoms with van der Waals surface area (Å²) in [6.45, 7) is 2.05. The van der Waals surface area contributed by atoms with E-state index in [0.29, 0.717) is 23.6 Å². The number of hydrogen-bond donors (Lipinski definition) is 1. The number of esters is 1. The van der Waals surface area contributed by atoms with Gasteiger partial charge in [0.1, 0.15) is 0 Å². The number of thioether (sulfide) groups is 1. The summed E-state index contributed by atoms with van der Waals surface area (Å²) in [6, 6.07) is 9.87. The quantitative estimate of drug-likeness (QED) is 0.497. The molecule has 1 aromatic carbocycles. The second-order valence-electron chi connectivity index (χ2n) is 4.99. The molecule has 0 fully saturated rings. The maximum Gasteiger partial charge on any atom is 0.338 e. The first-order valence-electron chi connectivity index (χ1n) is 7.73. The first-order chi connectivity index (χ1) is 12.7. The van der Waals surface area contributed by atoms with Gasteiger partial charge in [-0.15, -0.1) is 10.2 Å². The highest BCUT2D eigenvalue weighted by molar-refractivity contribution is 7.99. The Labute approximate surface area is 152 Å². The van der Waals surface area contributed by atoms with E-state index in [2.05, 4.69) is 15.5 Å². The molecule has 0 aliphatic rings. The van der Waals surface area contributed by atoms with Gasteiger partial charge in [0.25, 0.3) is 11.1 Å². The van der Waals surface area contributed by atoms with Gasteiger partial charge >= 0.3 is 5.97 Å². The van der Waals surface area contributed by atoms with Crippen LogP contribution < -0.4 is 5.32 Å². The zero-order valence-corrected chi connectivity index (χ0v) is 14.6. The highest BCUT2D eigenvalue weighted by Gasteiger charge is 2.13. The predicted molar refractivity (Wildman–Crippen MR) is 93.8 cm³/mol. The normalized spacial score (nSPS) is 10.5. The molecule has 8 nitrogen and oxygen atoms in total. The van der Waals surface area contributed by atoms with Crippen molar-refractivity contribution in [3.05, 3.63) is 48.2 Å². The molecule has 0 radical (unpaired) electrons. The van der Waals surface area contributed by atoms with Crippen molar-refractivity contribution in [1.82, 2.24) is 10.2 Å². The molecule has 2 aromatic heterocycles. The van der Waals surface area contributed by atoms with Crippen molar-refractivity contribution in [2.45, 2.75) is 12.1 Å². The van der Waals surface area contributed by atoms with Crippen LogP contribution in [0.5, 0.6) is 0 Å². The van der Waals surface area contributed by atoms with E-state index in [4.69, 9.17) is 13.6 Å². The number of carbonyl (C=O) groups excluding carboxylic acids is 2. The Kier molecular flexibility index (Phi) is 5.69. The Morgan fingerprint density at radius 3 is 2.69 bits per heavy atom. The largest absolute Gasteiger partial charge is 0.462 e. The van der Waals surface area contributed by atoms with Gasteiger partial charge in [-0.05, 0) is 43.3 Å². The topological polar surface area (TPSA) is 107 Å². The van der Waals surface area contributed by atoms with Gasteiger partial charge in [0, 0.05) is 5.69 Å². The van der Waals surface area contributed by atoms with Crippen molar-refractivity contribution < 1.29 is 23.2 Å². The standard InChI is InChI=1S/C17H15N3O5S/c1-2-23-16(22)11-5-7-12(8-6-11)18-14(21)10-26-17-20-19-15(25-17)13-4-3-9-24-13/h3-9H,2,10H2,1H3,(H,18,21). The molecule has 3 rings (SSSR count). The molecular formula is C17H15N3O5S. The summed E-state index contributed by atoms with van der Waals surface area (Å²) in [5.74, 6) is 0.184. The van der Waals surface area contributed by atoms with E-state index in [1.165, 1.54) is 6.26 Å². The molecule has 0 spiro atoms. The number of furan rings is 1. The second kappa shape index (κ2) is 8.34. The lowest BCUT2D eigenvalue weighted by atomic mass is 10.2. The van der Waals surface area contributed by atoms with Crippen LogP contribution in [-0.4, -0.2) is 34.4 Å². The Balaban J connectivity index is 1.50. The van der Waals surface area contributed by atoms with Gasteiger partial charge < -0.3 is 18.9 Å². The summed E-state index contributed by atoms with van der Waals surface area (Å²) in [4.78, 5) is 23.6. The highest BCUT2D eigenvalue weighted by atomic mass is 32.2. The van der Waals surface area contributed by atoms with Crippen LogP contribution in [0.4, 0.5) is 5.69 Å². The molecular weight excluding hydrogens is 358 g/mol. The number of anilines is 1. The van der Waals surface area contributed by atoms with Crippen LogP contribution in [0.25, 0.3) is 11.7 Å². The number of ether oxygens (including phenoxy) is 1. The summed E-state index contributed by atoms with van der Waals surface area (Å²) >= 11 is 1.11. The van der Waals surface area contributed by atoms with Gasteiger partial charge in [-0.1, -0.05) is 11.8 Å². The number of carbonyl (C=O) groups is 2. The number of aromatic nitrogens is 2. The molecule has 0 atom stereocenters. The Bertz CT molecular complexity index is 874. The highest BCUT2D eigenvalue weighted by Crippen LogP contribution is 2.23. The molecule has 0 saturated carbocycles. The average molecular weight is 373 g/mol. The van der Waals surface area contributed by atoms with Gasteiger partial charge in [0.2, 0.25) is 5.91 Å². The van der Waals surface area contributed by atoms with Crippen molar-refractivity contribution in [2.75, 3.05) is 17.7 Å². The summed E-state index contributed by atoms with van der Waals surface area (Å²) in [7, 11) is 0. The summed E-state index contributed by atoms with van der Waals surface area (Å²) in [5, 5.41) is 10.7. The first-order valence-corrected chi connectivity index (χ1v) is 8.71. The minimum atomic E-state index is -0.398. The van der Waals surface area contributed by atoms with Crippen LogP contribution in [0, 0.1) is 0 Å². The van der Waals surface area contributed by atoms with Crippen LogP contribution in [0.1, 0.15) is 17.3 Å². The molecule has 0 aliphatic heterocycles. The van der Waals surface area contributed by atoms with E-state index < -0.39 is 5.97 Å². The summed E-state index contributed by atoms with van der Waals surface area (Å²) in [6.07, 6.45) is 1.51. The van der Waals surface area contributed by atoms with E-state index in [0.717, 1.165) is 11.8 Å². The Morgan fingerprint density at radius 2 is 2.00 bits per heavy atom. The van der Waals surface area contributed by atoms with Crippen LogP contribution in [0.15, 0.2) is 56.7 Å². The van der Waals surface area contributed by atoms with Gasteiger partial charge in [0.15, 0.2) is 5.76 Å². The van der Waals surface area contributed by atoms with E-state index >= 15 is 0 Å². The molecule has 1 amide bonds. The van der Waals surface area contributed by atoms with E-state index in [1.807, 2.05) is 0 Å². The number of rotatable bonds is 7. The van der Waals surface area contributed by atoms with Gasteiger partial charge in [0.05, 0.1) is 24.2 Å².